The van der Waals surface area contributed by atoms with Gasteiger partial charge < -0.3 is 10.2 Å². The highest BCUT2D eigenvalue weighted by molar-refractivity contribution is 9.10. The Balaban J connectivity index is 2.38. The molecule has 0 bridgehead atoms. The van der Waals surface area contributed by atoms with Crippen LogP contribution in [0.15, 0.2) is 53.0 Å². The molecule has 0 aliphatic heterocycles. The number of sulfonamides is 1. The summed E-state index contributed by atoms with van der Waals surface area (Å²) in [5.41, 5.74) is 2.29. The molecule has 0 unspecified atom stereocenters. The Morgan fingerprint density at radius 1 is 1.00 bits per heavy atom. The van der Waals surface area contributed by atoms with Crippen LogP contribution in [0.5, 0.6) is 0 Å². The zero-order valence-electron chi connectivity index (χ0n) is 20.6. The molecule has 2 rings (SSSR count). The van der Waals surface area contributed by atoms with Crippen molar-refractivity contribution < 1.29 is 18.0 Å². The van der Waals surface area contributed by atoms with Crippen LogP contribution in [0.1, 0.15) is 51.7 Å². The largest absolute Gasteiger partial charge is 0.352 e. The molecule has 0 saturated heterocycles. The smallest absolute Gasteiger partial charge is 0.244 e. The van der Waals surface area contributed by atoms with Crippen molar-refractivity contribution >= 4 is 43.5 Å². The van der Waals surface area contributed by atoms with E-state index in [-0.39, 0.29) is 18.5 Å². The number of benzene rings is 2. The highest BCUT2D eigenvalue weighted by atomic mass is 79.9. The van der Waals surface area contributed by atoms with Crippen molar-refractivity contribution in [3.63, 3.8) is 0 Å². The molecule has 2 aromatic rings. The van der Waals surface area contributed by atoms with Gasteiger partial charge in [0.05, 0.1) is 11.9 Å². The molecule has 186 valence electrons. The van der Waals surface area contributed by atoms with E-state index in [4.69, 9.17) is 0 Å². The van der Waals surface area contributed by atoms with E-state index < -0.39 is 28.5 Å². The van der Waals surface area contributed by atoms with Gasteiger partial charge in [-0.2, -0.15) is 0 Å². The maximum atomic E-state index is 13.5. The number of hydrogen-bond acceptors (Lipinski definition) is 4. The van der Waals surface area contributed by atoms with Crippen LogP contribution < -0.4 is 9.62 Å². The van der Waals surface area contributed by atoms with Crippen LogP contribution >= 0.6 is 15.9 Å². The SMILES string of the molecule is CC(C)NC(=O)[C@@H](C)N(Cc1cccc(Br)c1)C(=O)CN(c1ccc(C(C)C)cc1)S(C)(=O)=O. The first-order valence-electron chi connectivity index (χ1n) is 11.2. The summed E-state index contributed by atoms with van der Waals surface area (Å²) in [6.45, 7) is 9.19. The van der Waals surface area contributed by atoms with Gasteiger partial charge in [-0.15, -0.1) is 0 Å². The van der Waals surface area contributed by atoms with Crippen LogP contribution in [-0.2, 0) is 26.2 Å². The molecule has 1 atom stereocenters. The van der Waals surface area contributed by atoms with Crippen molar-refractivity contribution in [1.82, 2.24) is 10.2 Å². The summed E-state index contributed by atoms with van der Waals surface area (Å²) in [6.07, 6.45) is 1.07. The second kappa shape index (κ2) is 11.8. The van der Waals surface area contributed by atoms with Crippen LogP contribution in [0, 0.1) is 0 Å². The molecule has 0 heterocycles. The number of hydrogen-bond donors (Lipinski definition) is 1. The van der Waals surface area contributed by atoms with Crippen molar-refractivity contribution in [3.8, 4) is 0 Å². The fraction of sp³-hybridized carbons (Fsp3) is 0.440. The van der Waals surface area contributed by atoms with E-state index in [1.54, 1.807) is 19.1 Å². The van der Waals surface area contributed by atoms with E-state index in [1.165, 1.54) is 4.90 Å². The minimum absolute atomic E-state index is 0.0928. The van der Waals surface area contributed by atoms with Gasteiger partial charge in [-0.1, -0.05) is 54.0 Å². The first-order chi connectivity index (χ1) is 15.8. The molecule has 0 aromatic heterocycles. The molecular weight excluding hydrogens is 518 g/mol. The third kappa shape index (κ3) is 7.84. The van der Waals surface area contributed by atoms with E-state index in [1.807, 2.05) is 50.2 Å². The molecule has 2 aromatic carbocycles. The average Bonchev–Trinajstić information content (AvgIpc) is 2.74. The number of amides is 2. The Morgan fingerprint density at radius 3 is 2.12 bits per heavy atom. The van der Waals surface area contributed by atoms with Crippen molar-refractivity contribution in [1.29, 1.82) is 0 Å². The summed E-state index contributed by atoms with van der Waals surface area (Å²) >= 11 is 3.43. The molecule has 0 fully saturated rings. The molecule has 1 N–H and O–H groups in total. The Hall–Kier alpha value is -2.39. The third-order valence-corrected chi connectivity index (χ3v) is 7.00. The number of halogens is 1. The summed E-state index contributed by atoms with van der Waals surface area (Å²) in [5.74, 6) is -0.473. The summed E-state index contributed by atoms with van der Waals surface area (Å²) in [5, 5.41) is 2.83. The average molecular weight is 553 g/mol. The zero-order chi connectivity index (χ0) is 25.6. The first-order valence-corrected chi connectivity index (χ1v) is 13.9. The molecular formula is C25H34BrN3O4S. The zero-order valence-corrected chi connectivity index (χ0v) is 23.0. The predicted octanol–water partition coefficient (Wildman–Crippen LogP) is 4.28. The van der Waals surface area contributed by atoms with Crippen LogP contribution in [0.2, 0.25) is 0 Å². The standard InChI is InChI=1S/C25H34BrN3O4S/c1-17(2)21-10-12-23(13-11-21)29(34(6,32)33)16-24(30)28(19(5)25(31)27-18(3)4)15-20-8-7-9-22(26)14-20/h7-14,17-19H,15-16H2,1-6H3,(H,27,31)/t19-/m1/s1. The molecule has 34 heavy (non-hydrogen) atoms. The van der Waals surface area contributed by atoms with Crippen molar-refractivity contribution in [3.05, 3.63) is 64.1 Å². The second-order valence-electron chi connectivity index (χ2n) is 9.01. The lowest BCUT2D eigenvalue weighted by atomic mass is 10.0. The van der Waals surface area contributed by atoms with E-state index >= 15 is 0 Å². The Bertz CT molecular complexity index is 1100. The van der Waals surface area contributed by atoms with Gasteiger partial charge in [0.1, 0.15) is 12.6 Å². The van der Waals surface area contributed by atoms with Crippen LogP contribution in [0.4, 0.5) is 5.69 Å². The minimum atomic E-state index is -3.75. The van der Waals surface area contributed by atoms with Gasteiger partial charge in [0, 0.05) is 17.1 Å². The fourth-order valence-electron chi connectivity index (χ4n) is 3.46. The van der Waals surface area contributed by atoms with Gasteiger partial charge in [0.15, 0.2) is 0 Å². The van der Waals surface area contributed by atoms with Gasteiger partial charge in [0.2, 0.25) is 21.8 Å². The third-order valence-electron chi connectivity index (χ3n) is 5.37. The van der Waals surface area contributed by atoms with Crippen molar-refractivity contribution in [2.24, 2.45) is 0 Å². The molecule has 0 radical (unpaired) electrons. The Kier molecular flexibility index (Phi) is 9.70. The molecule has 0 spiro atoms. The highest BCUT2D eigenvalue weighted by Crippen LogP contribution is 2.23. The van der Waals surface area contributed by atoms with E-state index in [9.17, 15) is 18.0 Å². The summed E-state index contributed by atoms with van der Waals surface area (Å²) in [7, 11) is -3.75. The van der Waals surface area contributed by atoms with Gasteiger partial charge in [-0.3, -0.25) is 13.9 Å². The van der Waals surface area contributed by atoms with Crippen molar-refractivity contribution in [2.75, 3.05) is 17.1 Å². The number of rotatable bonds is 10. The lowest BCUT2D eigenvalue weighted by Gasteiger charge is -2.32. The molecule has 2 amide bonds. The van der Waals surface area contributed by atoms with Gasteiger partial charge in [-0.05, 0) is 62.1 Å². The Labute approximate surface area is 211 Å². The maximum absolute atomic E-state index is 13.5. The summed E-state index contributed by atoms with van der Waals surface area (Å²) in [6, 6.07) is 13.7. The number of carbonyl (C=O) groups excluding carboxylic acids is 2. The first kappa shape index (κ1) is 27.9. The van der Waals surface area contributed by atoms with Gasteiger partial charge >= 0.3 is 0 Å². The van der Waals surface area contributed by atoms with E-state index in [2.05, 4.69) is 35.1 Å². The number of nitrogens with one attached hydrogen (secondary N) is 1. The molecule has 7 nitrogen and oxygen atoms in total. The molecule has 0 aliphatic carbocycles. The quantitative estimate of drug-likeness (QED) is 0.477. The van der Waals surface area contributed by atoms with E-state index in [0.717, 1.165) is 26.2 Å². The van der Waals surface area contributed by atoms with Crippen LogP contribution in [0.25, 0.3) is 0 Å². The lowest BCUT2D eigenvalue weighted by Crippen LogP contribution is -2.52. The fourth-order valence-corrected chi connectivity index (χ4v) is 4.76. The Morgan fingerprint density at radius 2 is 1.62 bits per heavy atom. The maximum Gasteiger partial charge on any atom is 0.244 e. The molecule has 0 aliphatic rings. The minimum Gasteiger partial charge on any atom is -0.352 e. The van der Waals surface area contributed by atoms with E-state index in [0.29, 0.717) is 11.6 Å². The van der Waals surface area contributed by atoms with Gasteiger partial charge in [0.25, 0.3) is 0 Å². The molecule has 0 saturated carbocycles. The summed E-state index contributed by atoms with van der Waals surface area (Å²) < 4.78 is 27.2. The van der Waals surface area contributed by atoms with Gasteiger partial charge in [-0.25, -0.2) is 8.42 Å². The van der Waals surface area contributed by atoms with Crippen molar-refractivity contribution in [2.45, 2.75) is 59.2 Å². The highest BCUT2D eigenvalue weighted by Gasteiger charge is 2.30. The normalized spacial score (nSPS) is 12.5. The monoisotopic (exact) mass is 551 g/mol. The number of nitrogens with zero attached hydrogens (tertiary/aromatic N) is 2. The lowest BCUT2D eigenvalue weighted by molar-refractivity contribution is -0.139. The number of carbonyl (C=O) groups is 2. The number of anilines is 1. The van der Waals surface area contributed by atoms with Crippen LogP contribution in [-0.4, -0.2) is 50.0 Å². The summed E-state index contributed by atoms with van der Waals surface area (Å²) in [4.78, 5) is 27.7. The predicted molar refractivity (Wildman–Crippen MR) is 140 cm³/mol. The molecule has 9 heteroatoms. The topological polar surface area (TPSA) is 86.8 Å². The van der Waals surface area contributed by atoms with Crippen LogP contribution in [0.3, 0.4) is 0 Å². The second-order valence-corrected chi connectivity index (χ2v) is 11.8.